The van der Waals surface area contributed by atoms with E-state index in [1.165, 1.54) is 16.9 Å². The van der Waals surface area contributed by atoms with Crippen LogP contribution in [0, 0.1) is 36.0 Å². The maximum atomic E-state index is 15.1. The zero-order valence-electron chi connectivity index (χ0n) is 29.7. The number of halogens is 2. The van der Waals surface area contributed by atoms with E-state index in [1.807, 2.05) is 38.1 Å². The minimum absolute atomic E-state index is 0.106. The van der Waals surface area contributed by atoms with E-state index < -0.39 is 35.0 Å². The number of aryl methyl sites for hydroxylation is 2. The lowest BCUT2D eigenvalue weighted by Crippen LogP contribution is -2.48. The third-order valence-electron chi connectivity index (χ3n) is 12.1. The molecule has 274 valence electrons. The normalized spacial score (nSPS) is 26.3. The van der Waals surface area contributed by atoms with Gasteiger partial charge in [0.15, 0.2) is 11.5 Å². The van der Waals surface area contributed by atoms with Gasteiger partial charge >= 0.3 is 0 Å². The van der Waals surface area contributed by atoms with Gasteiger partial charge in [0, 0.05) is 33.2 Å². The first-order valence-electron chi connectivity index (χ1n) is 17.6. The molecule has 0 spiro atoms. The van der Waals surface area contributed by atoms with Crippen LogP contribution < -0.4 is 14.5 Å². The number of allylic oxidation sites excluding steroid dienone is 2. The number of imide groups is 2. The van der Waals surface area contributed by atoms with E-state index >= 15 is 4.79 Å². The van der Waals surface area contributed by atoms with Crippen LogP contribution in [0.4, 0.5) is 11.5 Å². The number of nitrogens with zero attached hydrogens (tertiary/aromatic N) is 4. The molecule has 5 aromatic rings. The maximum Gasteiger partial charge on any atom is 0.242 e. The Labute approximate surface area is 328 Å². The van der Waals surface area contributed by atoms with Gasteiger partial charge in [0.1, 0.15) is 11.5 Å². The van der Waals surface area contributed by atoms with Gasteiger partial charge in [0.25, 0.3) is 0 Å². The predicted molar refractivity (Wildman–Crippen MR) is 210 cm³/mol. The van der Waals surface area contributed by atoms with Crippen LogP contribution in [-0.2, 0) is 26.2 Å². The molecule has 0 radical (unpaired) electrons. The number of anilines is 2. The monoisotopic (exact) mass is 824 g/mol. The van der Waals surface area contributed by atoms with Crippen LogP contribution >= 0.6 is 38.9 Å². The molecule has 4 amide bonds. The molecule has 6 atom stereocenters. The second-order valence-electron chi connectivity index (χ2n) is 14.8. The van der Waals surface area contributed by atoms with E-state index in [-0.39, 0.29) is 41.5 Å². The number of phenols is 1. The Kier molecular flexibility index (Phi) is 8.01. The number of hydrogen-bond acceptors (Lipinski definition) is 8. The summed E-state index contributed by atoms with van der Waals surface area (Å²) < 4.78 is 8.78. The molecule has 4 heterocycles. The average molecular weight is 826 g/mol. The number of amides is 4. The van der Waals surface area contributed by atoms with Gasteiger partial charge in [-0.3, -0.25) is 28.8 Å². The highest BCUT2D eigenvalue weighted by molar-refractivity contribution is 9.10. The highest BCUT2D eigenvalue weighted by Gasteiger charge is 2.68. The smallest absolute Gasteiger partial charge is 0.242 e. The van der Waals surface area contributed by atoms with Crippen molar-refractivity contribution in [3.63, 3.8) is 0 Å². The standard InChI is InChI=1S/C41H34BrClN4O6S/c1-19-26-16-22(43)8-14-32(26)54-36(19)29-18-33(45(3)44-29)47-38(50)28-17-27-24(35(41(28,2)40(47)52)20-5-13-31(53-4)30(48)15-20)11-12-25-34(27)39(51)46(37(25)49)23-9-6-21(42)7-10-23/h5-11,13-16,18,25,27-28,34-35,48H,12,17H2,1-4H3. The number of methoxy groups -OCH3 is 1. The number of benzene rings is 3. The number of carbonyl (C=O) groups excluding carboxylic acids is 4. The molecule has 54 heavy (non-hydrogen) atoms. The van der Waals surface area contributed by atoms with Crippen LogP contribution in [0.15, 0.2) is 82.9 Å². The largest absolute Gasteiger partial charge is 0.504 e. The molecule has 1 N–H and O–H groups in total. The molecule has 2 aliphatic carbocycles. The fourth-order valence-corrected chi connectivity index (χ4v) is 11.1. The van der Waals surface area contributed by atoms with Gasteiger partial charge in [0.2, 0.25) is 23.6 Å². The van der Waals surface area contributed by atoms with Crippen molar-refractivity contribution < 1.29 is 29.0 Å². The van der Waals surface area contributed by atoms with Crippen molar-refractivity contribution in [3.8, 4) is 22.1 Å². The Morgan fingerprint density at radius 2 is 1.72 bits per heavy atom. The van der Waals surface area contributed by atoms with Gasteiger partial charge in [-0.15, -0.1) is 11.3 Å². The molecule has 4 aliphatic rings. The summed E-state index contributed by atoms with van der Waals surface area (Å²) in [6.07, 6.45) is 2.51. The summed E-state index contributed by atoms with van der Waals surface area (Å²) in [7, 11) is 3.18. The van der Waals surface area contributed by atoms with E-state index in [4.69, 9.17) is 21.4 Å². The Hall–Kier alpha value is -4.78. The fourth-order valence-electron chi connectivity index (χ4n) is 9.56. The summed E-state index contributed by atoms with van der Waals surface area (Å²) in [6.45, 7) is 3.82. The van der Waals surface area contributed by atoms with Crippen molar-refractivity contribution in [1.29, 1.82) is 0 Å². The average Bonchev–Trinajstić information content (AvgIpc) is 3.82. The number of ether oxygens (including phenoxy) is 1. The van der Waals surface area contributed by atoms with Crippen LogP contribution in [-0.4, -0.2) is 45.6 Å². The number of carbonyl (C=O) groups is 4. The number of phenolic OH excluding ortho intramolecular Hbond substituents is 1. The molecule has 10 nitrogen and oxygen atoms in total. The van der Waals surface area contributed by atoms with Crippen LogP contribution in [0.3, 0.4) is 0 Å². The molecule has 6 unspecified atom stereocenters. The molecule has 2 aliphatic heterocycles. The van der Waals surface area contributed by atoms with E-state index in [1.54, 1.807) is 71.6 Å². The van der Waals surface area contributed by atoms with Gasteiger partial charge in [-0.2, -0.15) is 5.10 Å². The van der Waals surface area contributed by atoms with E-state index in [9.17, 15) is 19.5 Å². The SMILES string of the molecule is COc1ccc(C2C3=CCC4C(=O)N(c5ccc(Br)cc5)C(=O)C4C3CC3C(=O)N(c4cc(-c5sc6ccc(Cl)cc6c5C)nn4C)C(=O)C32C)cc1O. The lowest BCUT2D eigenvalue weighted by atomic mass is 9.51. The molecule has 2 aromatic heterocycles. The summed E-state index contributed by atoms with van der Waals surface area (Å²) in [4.78, 5) is 61.7. The summed E-state index contributed by atoms with van der Waals surface area (Å²) in [6, 6.07) is 19.6. The third-order valence-corrected chi connectivity index (χ3v) is 14.2. The van der Waals surface area contributed by atoms with Crippen molar-refractivity contribution in [1.82, 2.24) is 9.78 Å². The lowest BCUT2D eigenvalue weighted by Gasteiger charge is -2.49. The molecule has 13 heteroatoms. The van der Waals surface area contributed by atoms with Crippen molar-refractivity contribution >= 4 is 84.1 Å². The highest BCUT2D eigenvalue weighted by Crippen LogP contribution is 2.64. The van der Waals surface area contributed by atoms with E-state index in [0.29, 0.717) is 34.2 Å². The molecule has 0 bridgehead atoms. The van der Waals surface area contributed by atoms with Crippen LogP contribution in [0.25, 0.3) is 20.7 Å². The fraction of sp³-hybridized carbons (Fsp3) is 0.293. The number of thiophene rings is 1. The van der Waals surface area contributed by atoms with Gasteiger partial charge in [-0.1, -0.05) is 45.2 Å². The second-order valence-corrected chi connectivity index (χ2v) is 17.2. The summed E-state index contributed by atoms with van der Waals surface area (Å²) >= 11 is 11.3. The summed E-state index contributed by atoms with van der Waals surface area (Å²) in [5, 5.41) is 17.4. The van der Waals surface area contributed by atoms with Crippen molar-refractivity contribution in [2.24, 2.45) is 36.1 Å². The van der Waals surface area contributed by atoms with Crippen molar-refractivity contribution in [3.05, 3.63) is 99.0 Å². The molecule has 1 saturated carbocycles. The number of rotatable bonds is 5. The van der Waals surface area contributed by atoms with Gasteiger partial charge in [0.05, 0.1) is 40.8 Å². The van der Waals surface area contributed by atoms with Gasteiger partial charge in [-0.05, 0) is 104 Å². The summed E-state index contributed by atoms with van der Waals surface area (Å²) in [5.74, 6) is -4.21. The minimum atomic E-state index is -1.29. The molecule has 3 aromatic carbocycles. The van der Waals surface area contributed by atoms with Crippen molar-refractivity contribution in [2.75, 3.05) is 16.9 Å². The quantitative estimate of drug-likeness (QED) is 0.140. The van der Waals surface area contributed by atoms with Crippen LogP contribution in [0.2, 0.25) is 5.02 Å². The van der Waals surface area contributed by atoms with Gasteiger partial charge < -0.3 is 9.84 Å². The Morgan fingerprint density at radius 3 is 2.44 bits per heavy atom. The van der Waals surface area contributed by atoms with Gasteiger partial charge in [-0.25, -0.2) is 4.90 Å². The predicted octanol–water partition coefficient (Wildman–Crippen LogP) is 8.18. The zero-order chi connectivity index (χ0) is 38.0. The Bertz CT molecular complexity index is 2510. The number of aromatic nitrogens is 2. The van der Waals surface area contributed by atoms with E-state index in [2.05, 4.69) is 15.9 Å². The minimum Gasteiger partial charge on any atom is -0.504 e. The first-order valence-corrected chi connectivity index (χ1v) is 19.6. The molecule has 2 saturated heterocycles. The maximum absolute atomic E-state index is 15.1. The van der Waals surface area contributed by atoms with Crippen LogP contribution in [0.1, 0.15) is 36.8 Å². The molecular formula is C41H34BrClN4O6S. The highest BCUT2D eigenvalue weighted by atomic mass is 79.9. The molecular weight excluding hydrogens is 792 g/mol. The first-order chi connectivity index (χ1) is 25.8. The van der Waals surface area contributed by atoms with E-state index in [0.717, 1.165) is 30.6 Å². The number of hydrogen-bond donors (Lipinski definition) is 1. The molecule has 3 fully saturated rings. The first kappa shape index (κ1) is 35.0. The third kappa shape index (κ3) is 4.85. The van der Waals surface area contributed by atoms with Crippen molar-refractivity contribution in [2.45, 2.75) is 32.6 Å². The second kappa shape index (κ2) is 12.4. The molecule has 9 rings (SSSR count). The number of fused-ring (bicyclic) bond motifs is 5. The Balaban J connectivity index is 1.15. The lowest BCUT2D eigenvalue weighted by molar-refractivity contribution is -0.131. The zero-order valence-corrected chi connectivity index (χ0v) is 32.8. The summed E-state index contributed by atoms with van der Waals surface area (Å²) in [5.41, 5.74) is 2.26. The number of aromatic hydroxyl groups is 1. The Morgan fingerprint density at radius 1 is 0.963 bits per heavy atom. The van der Waals surface area contributed by atoms with Crippen LogP contribution in [0.5, 0.6) is 11.5 Å². The topological polar surface area (TPSA) is 122 Å².